The van der Waals surface area contributed by atoms with E-state index in [-0.39, 0.29) is 17.1 Å². The van der Waals surface area contributed by atoms with Crippen molar-refractivity contribution in [1.29, 1.82) is 0 Å². The van der Waals surface area contributed by atoms with E-state index in [9.17, 15) is 18.0 Å². The number of benzene rings is 1. The molecule has 0 aromatic heterocycles. The average Bonchev–Trinajstić information content (AvgIpc) is 2.84. The number of methoxy groups -OCH3 is 1. The largest absolute Gasteiger partial charge is 0.468 e. The summed E-state index contributed by atoms with van der Waals surface area (Å²) < 4.78 is 30.8. The first-order valence-electron chi connectivity index (χ1n) is 6.45. The molecule has 0 radical (unpaired) electrons. The predicted octanol–water partition coefficient (Wildman–Crippen LogP) is 2.13. The molecule has 0 aliphatic heterocycles. The molecule has 0 spiro atoms. The van der Waals surface area contributed by atoms with Crippen LogP contribution in [0.15, 0.2) is 33.6 Å². The Morgan fingerprint density at radius 2 is 2.14 bits per heavy atom. The minimum atomic E-state index is -3.90. The van der Waals surface area contributed by atoms with Crippen molar-refractivity contribution in [1.82, 2.24) is 0 Å². The highest BCUT2D eigenvalue weighted by molar-refractivity contribution is 9.10. The molecule has 0 amide bonds. The van der Waals surface area contributed by atoms with Gasteiger partial charge in [-0.05, 0) is 30.5 Å². The van der Waals surface area contributed by atoms with Gasteiger partial charge in [0.1, 0.15) is 5.78 Å². The summed E-state index contributed by atoms with van der Waals surface area (Å²) in [7, 11) is -2.74. The minimum Gasteiger partial charge on any atom is -0.468 e. The van der Waals surface area contributed by atoms with E-state index >= 15 is 0 Å². The van der Waals surface area contributed by atoms with Gasteiger partial charge in [-0.25, -0.2) is 8.42 Å². The standard InChI is InChI=1S/C14H15BrO5S/c1-20-14(17)13(9-5-6-11(16)7-9)21(18,19)12-4-2-3-10(15)8-12/h2-4,8-9,13H,5-7H2,1H3. The first-order valence-corrected chi connectivity index (χ1v) is 8.79. The third-order valence-corrected chi connectivity index (χ3v) is 6.25. The van der Waals surface area contributed by atoms with Crippen molar-refractivity contribution in [2.45, 2.75) is 29.4 Å². The molecular weight excluding hydrogens is 360 g/mol. The van der Waals surface area contributed by atoms with Crippen molar-refractivity contribution >= 4 is 37.5 Å². The van der Waals surface area contributed by atoms with Crippen LogP contribution in [0.25, 0.3) is 0 Å². The quantitative estimate of drug-likeness (QED) is 0.754. The van der Waals surface area contributed by atoms with Crippen LogP contribution >= 0.6 is 15.9 Å². The van der Waals surface area contributed by atoms with Crippen LogP contribution in [0.1, 0.15) is 19.3 Å². The first kappa shape index (κ1) is 16.2. The summed E-state index contributed by atoms with van der Waals surface area (Å²) in [4.78, 5) is 23.5. The Morgan fingerprint density at radius 1 is 1.43 bits per heavy atom. The van der Waals surface area contributed by atoms with Crippen molar-refractivity contribution in [3.8, 4) is 0 Å². The molecule has 0 heterocycles. The molecule has 0 bridgehead atoms. The van der Waals surface area contributed by atoms with Gasteiger partial charge in [0.15, 0.2) is 15.1 Å². The number of hydrogen-bond donors (Lipinski definition) is 0. The predicted molar refractivity (Wildman–Crippen MR) is 79.5 cm³/mol. The Morgan fingerprint density at radius 3 is 2.67 bits per heavy atom. The Bertz CT molecular complexity index is 668. The third kappa shape index (κ3) is 3.35. The van der Waals surface area contributed by atoms with Gasteiger partial charge in [-0.1, -0.05) is 22.0 Å². The van der Waals surface area contributed by atoms with Gasteiger partial charge in [-0.3, -0.25) is 9.59 Å². The maximum Gasteiger partial charge on any atom is 0.324 e. The fourth-order valence-electron chi connectivity index (χ4n) is 2.58. The van der Waals surface area contributed by atoms with Gasteiger partial charge in [-0.15, -0.1) is 0 Å². The molecule has 0 saturated heterocycles. The molecule has 1 saturated carbocycles. The number of esters is 1. The van der Waals surface area contributed by atoms with Gasteiger partial charge in [0.05, 0.1) is 12.0 Å². The van der Waals surface area contributed by atoms with Crippen LogP contribution in [0.4, 0.5) is 0 Å². The number of hydrogen-bond acceptors (Lipinski definition) is 5. The lowest BCUT2D eigenvalue weighted by Crippen LogP contribution is -2.37. The molecule has 2 unspecified atom stereocenters. The van der Waals surface area contributed by atoms with E-state index in [1.54, 1.807) is 12.1 Å². The summed E-state index contributed by atoms with van der Waals surface area (Å²) in [5.41, 5.74) is 0. The molecule has 114 valence electrons. The molecule has 1 aliphatic rings. The summed E-state index contributed by atoms with van der Waals surface area (Å²) in [5, 5.41) is -1.33. The van der Waals surface area contributed by atoms with Crippen LogP contribution in [0.2, 0.25) is 0 Å². The molecule has 1 aromatic carbocycles. The highest BCUT2D eigenvalue weighted by Gasteiger charge is 2.44. The number of ether oxygens (including phenoxy) is 1. The van der Waals surface area contributed by atoms with Crippen molar-refractivity contribution in [3.63, 3.8) is 0 Å². The minimum absolute atomic E-state index is 0.0154. The van der Waals surface area contributed by atoms with Crippen LogP contribution in [-0.4, -0.2) is 32.5 Å². The van der Waals surface area contributed by atoms with Crippen molar-refractivity contribution < 1.29 is 22.7 Å². The van der Waals surface area contributed by atoms with Crippen molar-refractivity contribution in [3.05, 3.63) is 28.7 Å². The van der Waals surface area contributed by atoms with E-state index in [2.05, 4.69) is 20.7 Å². The van der Waals surface area contributed by atoms with E-state index < -0.39 is 27.0 Å². The van der Waals surface area contributed by atoms with Crippen LogP contribution in [0.3, 0.4) is 0 Å². The zero-order valence-corrected chi connectivity index (χ0v) is 13.8. The monoisotopic (exact) mass is 374 g/mol. The third-order valence-electron chi connectivity index (χ3n) is 3.60. The summed E-state index contributed by atoms with van der Waals surface area (Å²) in [5.74, 6) is -1.35. The molecule has 0 N–H and O–H groups in total. The zero-order valence-electron chi connectivity index (χ0n) is 11.4. The number of rotatable bonds is 4. The number of carbonyl (C=O) groups excluding carboxylic acids is 2. The number of carbonyl (C=O) groups is 2. The van der Waals surface area contributed by atoms with Gasteiger partial charge in [0, 0.05) is 17.3 Å². The van der Waals surface area contributed by atoms with Crippen LogP contribution < -0.4 is 0 Å². The highest BCUT2D eigenvalue weighted by Crippen LogP contribution is 2.33. The zero-order chi connectivity index (χ0) is 15.6. The fourth-order valence-corrected chi connectivity index (χ4v) is 5.07. The van der Waals surface area contributed by atoms with Crippen LogP contribution in [0.5, 0.6) is 0 Å². The Balaban J connectivity index is 2.44. The highest BCUT2D eigenvalue weighted by atomic mass is 79.9. The van der Waals surface area contributed by atoms with Gasteiger partial charge in [-0.2, -0.15) is 0 Å². The number of halogens is 1. The number of Topliss-reactive ketones (excluding diaryl/α,β-unsaturated/α-hetero) is 1. The maximum atomic E-state index is 12.7. The fraction of sp³-hybridized carbons (Fsp3) is 0.429. The van der Waals surface area contributed by atoms with Crippen LogP contribution in [0, 0.1) is 5.92 Å². The molecule has 5 nitrogen and oxygen atoms in total. The van der Waals surface area contributed by atoms with Gasteiger partial charge >= 0.3 is 5.97 Å². The molecule has 1 aromatic rings. The lowest BCUT2D eigenvalue weighted by Gasteiger charge is -2.20. The summed E-state index contributed by atoms with van der Waals surface area (Å²) in [6, 6.07) is 6.17. The van der Waals surface area contributed by atoms with Gasteiger partial charge < -0.3 is 4.74 Å². The molecule has 7 heteroatoms. The van der Waals surface area contributed by atoms with E-state index in [1.165, 1.54) is 12.1 Å². The molecule has 2 atom stereocenters. The SMILES string of the molecule is COC(=O)C(C1CCC(=O)C1)S(=O)(=O)c1cccc(Br)c1. The summed E-state index contributed by atoms with van der Waals surface area (Å²) >= 11 is 3.22. The summed E-state index contributed by atoms with van der Waals surface area (Å²) in [6.07, 6.45) is 0.811. The molecule has 2 rings (SSSR count). The smallest absolute Gasteiger partial charge is 0.324 e. The molecule has 1 fully saturated rings. The van der Waals surface area contributed by atoms with E-state index in [1.807, 2.05) is 0 Å². The normalized spacial score (nSPS) is 20.3. The van der Waals surface area contributed by atoms with Crippen LogP contribution in [-0.2, 0) is 24.2 Å². The van der Waals surface area contributed by atoms with Crippen molar-refractivity contribution in [2.24, 2.45) is 5.92 Å². The topological polar surface area (TPSA) is 77.5 Å². The van der Waals surface area contributed by atoms with Gasteiger partial charge in [0.25, 0.3) is 0 Å². The number of sulfone groups is 1. The second-order valence-electron chi connectivity index (χ2n) is 4.99. The number of ketones is 1. The van der Waals surface area contributed by atoms with E-state index in [4.69, 9.17) is 0 Å². The Kier molecular flexibility index (Phi) is 4.83. The lowest BCUT2D eigenvalue weighted by atomic mass is 10.0. The second kappa shape index (κ2) is 6.27. The maximum absolute atomic E-state index is 12.7. The first-order chi connectivity index (χ1) is 9.86. The average molecular weight is 375 g/mol. The summed E-state index contributed by atoms with van der Waals surface area (Å²) in [6.45, 7) is 0. The molecular formula is C14H15BrO5S. The Labute approximate surface area is 131 Å². The Hall–Kier alpha value is -1.21. The molecule has 21 heavy (non-hydrogen) atoms. The van der Waals surface area contributed by atoms with Gasteiger partial charge in [0.2, 0.25) is 0 Å². The van der Waals surface area contributed by atoms with Crippen molar-refractivity contribution in [2.75, 3.05) is 7.11 Å². The lowest BCUT2D eigenvalue weighted by molar-refractivity contribution is -0.141. The second-order valence-corrected chi connectivity index (χ2v) is 7.97. The molecule has 1 aliphatic carbocycles. The van der Waals surface area contributed by atoms with E-state index in [0.29, 0.717) is 17.3 Å². The van der Waals surface area contributed by atoms with E-state index in [0.717, 1.165) is 7.11 Å².